The predicted molar refractivity (Wildman–Crippen MR) is 162 cm³/mol. The van der Waals surface area contributed by atoms with Crippen LogP contribution in [0, 0.1) is 6.92 Å². The van der Waals surface area contributed by atoms with E-state index in [-0.39, 0.29) is 5.78 Å². The first kappa shape index (κ1) is 27.9. The molecule has 204 valence electrons. The lowest BCUT2D eigenvalue weighted by molar-refractivity contribution is -0.138. The minimum Gasteiger partial charge on any atom is -0.467 e. The van der Waals surface area contributed by atoms with Gasteiger partial charge in [0.1, 0.15) is 11.1 Å². The van der Waals surface area contributed by atoms with Gasteiger partial charge >= 0.3 is 6.01 Å². The third-order valence-corrected chi connectivity index (χ3v) is 7.81. The number of ketones is 1. The molecule has 0 N–H and O–H groups in total. The van der Waals surface area contributed by atoms with E-state index in [0.29, 0.717) is 11.0 Å². The van der Waals surface area contributed by atoms with E-state index < -0.39 is 11.7 Å². The average molecular weight is 572 g/mol. The van der Waals surface area contributed by atoms with Crippen molar-refractivity contribution in [1.29, 1.82) is 0 Å². The molecule has 5 aromatic rings. The lowest BCUT2D eigenvalue weighted by atomic mass is 9.90. The number of aryl methyl sites for hydroxylation is 1. The largest absolute Gasteiger partial charge is 0.467 e. The second kappa shape index (κ2) is 11.1. The molecule has 0 radical (unpaired) electrons. The maximum Gasteiger partial charge on any atom is 0.316 e. The number of ether oxygens (including phenoxy) is 2. The zero-order valence-corrected chi connectivity index (χ0v) is 24.9. The third-order valence-electron chi connectivity index (χ3n) is 6.42. The van der Waals surface area contributed by atoms with Crippen LogP contribution in [0.3, 0.4) is 0 Å². The van der Waals surface area contributed by atoms with Crippen LogP contribution < -0.4 is 4.74 Å². The fraction of sp³-hybridized carbons (Fsp3) is 0.250. The van der Waals surface area contributed by atoms with Gasteiger partial charge in [-0.25, -0.2) is 15.0 Å². The van der Waals surface area contributed by atoms with Gasteiger partial charge in [-0.05, 0) is 75.6 Å². The lowest BCUT2D eigenvalue weighted by Gasteiger charge is -2.29. The van der Waals surface area contributed by atoms with Crippen LogP contribution in [0.5, 0.6) is 6.01 Å². The number of aromatic nitrogens is 3. The van der Waals surface area contributed by atoms with Crippen molar-refractivity contribution in [3.8, 4) is 38.8 Å². The number of Topliss-reactive ketones (excluding diaryl/α,β-unsaturated/α-hetero) is 1. The summed E-state index contributed by atoms with van der Waals surface area (Å²) in [4.78, 5) is 26.5. The van der Waals surface area contributed by atoms with Gasteiger partial charge in [0.2, 0.25) is 0 Å². The minimum atomic E-state index is -0.723. The summed E-state index contributed by atoms with van der Waals surface area (Å²) in [5.41, 5.74) is 6.89. The van der Waals surface area contributed by atoms with Crippen LogP contribution in [0.4, 0.5) is 0 Å². The number of thiazole rings is 1. The van der Waals surface area contributed by atoms with Crippen LogP contribution in [-0.2, 0) is 9.53 Å². The molecule has 5 rings (SSSR count). The quantitative estimate of drug-likeness (QED) is 0.195. The summed E-state index contributed by atoms with van der Waals surface area (Å²) in [7, 11) is 1.54. The van der Waals surface area contributed by atoms with Gasteiger partial charge in [0.05, 0.1) is 22.9 Å². The monoisotopic (exact) mass is 571 g/mol. The second-order valence-corrected chi connectivity index (χ2v) is 12.1. The molecule has 3 aromatic carbocycles. The van der Waals surface area contributed by atoms with Crippen LogP contribution in [0.1, 0.15) is 44.9 Å². The van der Waals surface area contributed by atoms with E-state index >= 15 is 0 Å². The number of nitrogens with zero attached hydrogens (tertiary/aromatic N) is 3. The zero-order valence-electron chi connectivity index (χ0n) is 23.3. The van der Waals surface area contributed by atoms with Crippen LogP contribution in [0.2, 0.25) is 5.02 Å². The zero-order chi connectivity index (χ0) is 28.6. The Kier molecular flexibility index (Phi) is 7.73. The molecular formula is C32H30ClN3O3S. The number of benzene rings is 3. The van der Waals surface area contributed by atoms with Crippen molar-refractivity contribution in [1.82, 2.24) is 15.0 Å². The van der Waals surface area contributed by atoms with Crippen LogP contribution >= 0.6 is 22.9 Å². The fourth-order valence-corrected chi connectivity index (χ4v) is 5.92. The van der Waals surface area contributed by atoms with Crippen molar-refractivity contribution < 1.29 is 14.3 Å². The normalized spacial score (nSPS) is 12.5. The molecule has 0 spiro atoms. The summed E-state index contributed by atoms with van der Waals surface area (Å²) in [5, 5.41) is 1.52. The van der Waals surface area contributed by atoms with Gasteiger partial charge in [0.15, 0.2) is 5.78 Å². The molecule has 0 saturated heterocycles. The number of halogens is 1. The summed E-state index contributed by atoms with van der Waals surface area (Å²) in [6.07, 6.45) is 2.77. The predicted octanol–water partition coefficient (Wildman–Crippen LogP) is 8.50. The Balaban J connectivity index is 1.70. The molecule has 0 aliphatic heterocycles. The van der Waals surface area contributed by atoms with Crippen molar-refractivity contribution in [2.75, 3.05) is 7.11 Å². The van der Waals surface area contributed by atoms with Gasteiger partial charge in [-0.1, -0.05) is 41.9 Å². The maximum atomic E-state index is 13.0. The highest BCUT2D eigenvalue weighted by molar-refractivity contribution is 7.22. The Bertz CT molecular complexity index is 1690. The smallest absolute Gasteiger partial charge is 0.316 e. The number of methoxy groups -OCH3 is 1. The van der Waals surface area contributed by atoms with Crippen molar-refractivity contribution in [2.24, 2.45) is 0 Å². The molecule has 0 aliphatic rings. The van der Waals surface area contributed by atoms with Crippen molar-refractivity contribution in [3.63, 3.8) is 0 Å². The Labute approximate surface area is 243 Å². The number of fused-ring (bicyclic) bond motifs is 1. The molecule has 2 heterocycles. The van der Waals surface area contributed by atoms with E-state index in [9.17, 15) is 4.79 Å². The Hall–Kier alpha value is -3.65. The second-order valence-electron chi connectivity index (χ2n) is 10.6. The van der Waals surface area contributed by atoms with Crippen molar-refractivity contribution in [2.45, 2.75) is 46.3 Å². The molecule has 6 nitrogen and oxygen atoms in total. The molecule has 0 saturated carbocycles. The lowest BCUT2D eigenvalue weighted by Crippen LogP contribution is -2.27. The molecule has 8 heteroatoms. The van der Waals surface area contributed by atoms with Gasteiger partial charge in [-0.15, -0.1) is 11.3 Å². The van der Waals surface area contributed by atoms with Crippen LogP contribution in [0.15, 0.2) is 67.0 Å². The summed E-state index contributed by atoms with van der Waals surface area (Å²) < 4.78 is 12.4. The highest BCUT2D eigenvalue weighted by Crippen LogP contribution is 2.44. The molecule has 40 heavy (non-hydrogen) atoms. The van der Waals surface area contributed by atoms with Gasteiger partial charge in [0.25, 0.3) is 0 Å². The summed E-state index contributed by atoms with van der Waals surface area (Å²) >= 11 is 7.84. The third kappa shape index (κ3) is 5.77. The van der Waals surface area contributed by atoms with E-state index in [2.05, 4.69) is 16.0 Å². The maximum absolute atomic E-state index is 13.0. The molecule has 1 atom stereocenters. The first-order valence-electron chi connectivity index (χ1n) is 12.9. The summed E-state index contributed by atoms with van der Waals surface area (Å²) in [5.74, 6) is -0.0493. The SMILES string of the molecule is COc1ncc(-c2cccc(-c3nc4cc(C)c([C@H](OC(C)(C)C)C(C)=O)c(-c5ccc(Cl)cc5)c4s3)c2)cn1. The van der Waals surface area contributed by atoms with Gasteiger partial charge in [-0.2, -0.15) is 0 Å². The molecule has 0 aliphatic carbocycles. The topological polar surface area (TPSA) is 74.2 Å². The van der Waals surface area contributed by atoms with E-state index in [1.54, 1.807) is 37.8 Å². The van der Waals surface area contributed by atoms with E-state index in [4.69, 9.17) is 26.1 Å². The number of rotatable bonds is 7. The number of carbonyl (C=O) groups is 1. The Morgan fingerprint density at radius 1 is 0.950 bits per heavy atom. The van der Waals surface area contributed by atoms with Crippen molar-refractivity contribution in [3.05, 3.63) is 83.1 Å². The van der Waals surface area contributed by atoms with Gasteiger partial charge < -0.3 is 9.47 Å². The van der Waals surface area contributed by atoms with Crippen LogP contribution in [0.25, 0.3) is 43.0 Å². The minimum absolute atomic E-state index is 0.0493. The standard InChI is InChI=1S/C32H30ClN3O3S/c1-18-14-25-29(27(20-10-12-24(33)13-11-20)26(18)28(19(2)37)39-32(3,4)5)40-30(36-25)22-9-7-8-21(15-22)23-16-34-31(38-6)35-17-23/h7-17,28H,1-6H3/t28-/m1/s1. The Morgan fingerprint density at radius 2 is 1.62 bits per heavy atom. The first-order chi connectivity index (χ1) is 19.0. The highest BCUT2D eigenvalue weighted by Gasteiger charge is 2.30. The van der Waals surface area contributed by atoms with E-state index in [1.165, 1.54) is 0 Å². The molecule has 0 amide bonds. The summed E-state index contributed by atoms with van der Waals surface area (Å²) in [6.45, 7) is 9.48. The molecule has 0 fully saturated rings. The first-order valence-corrected chi connectivity index (χ1v) is 14.1. The fourth-order valence-electron chi connectivity index (χ4n) is 4.68. The molecule has 0 bridgehead atoms. The summed E-state index contributed by atoms with van der Waals surface area (Å²) in [6, 6.07) is 18.2. The Morgan fingerprint density at radius 3 is 2.25 bits per heavy atom. The number of hydrogen-bond donors (Lipinski definition) is 0. The van der Waals surface area contributed by atoms with Gasteiger partial charge in [0, 0.05) is 39.7 Å². The van der Waals surface area contributed by atoms with Crippen molar-refractivity contribution >= 4 is 38.9 Å². The van der Waals surface area contributed by atoms with Crippen LogP contribution in [-0.4, -0.2) is 33.4 Å². The average Bonchev–Trinajstić information content (AvgIpc) is 3.35. The van der Waals surface area contributed by atoms with E-state index in [0.717, 1.165) is 54.2 Å². The molecule has 0 unspecified atom stereocenters. The van der Waals surface area contributed by atoms with Gasteiger partial charge in [-0.3, -0.25) is 4.79 Å². The molecular weight excluding hydrogens is 542 g/mol. The molecule has 2 aromatic heterocycles. The highest BCUT2D eigenvalue weighted by atomic mass is 35.5. The number of hydrogen-bond acceptors (Lipinski definition) is 7. The number of carbonyl (C=O) groups excluding carboxylic acids is 1. The van der Waals surface area contributed by atoms with E-state index in [1.807, 2.05) is 76.2 Å².